The summed E-state index contributed by atoms with van der Waals surface area (Å²) in [6.07, 6.45) is 0.952. The van der Waals surface area contributed by atoms with Gasteiger partial charge in [0.25, 0.3) is 0 Å². The highest BCUT2D eigenvalue weighted by Gasteiger charge is 2.29. The minimum atomic E-state index is -3.68. The molecule has 2 aromatic rings. The standard InChI is InChI=1S/C11H12ClN3O4S/c1-4-14-6(2)13-7-5-8(20(3,18)19)9(12)11(10(7)14)15(16)17/h5H,4H2,1-3H3. The lowest BCUT2D eigenvalue weighted by Crippen LogP contribution is -2.04. The van der Waals surface area contributed by atoms with Crippen LogP contribution < -0.4 is 0 Å². The van der Waals surface area contributed by atoms with Crippen LogP contribution in [0.4, 0.5) is 5.69 Å². The summed E-state index contributed by atoms with van der Waals surface area (Å²) in [5, 5.41) is 10.9. The van der Waals surface area contributed by atoms with E-state index in [2.05, 4.69) is 4.98 Å². The first kappa shape index (κ1) is 14.7. The van der Waals surface area contributed by atoms with Crippen molar-refractivity contribution in [1.82, 2.24) is 9.55 Å². The van der Waals surface area contributed by atoms with Crippen LogP contribution in [-0.4, -0.2) is 29.1 Å². The van der Waals surface area contributed by atoms with Gasteiger partial charge < -0.3 is 4.57 Å². The lowest BCUT2D eigenvalue weighted by atomic mass is 10.2. The van der Waals surface area contributed by atoms with Crippen LogP contribution in [0.3, 0.4) is 0 Å². The van der Waals surface area contributed by atoms with Gasteiger partial charge in [-0.2, -0.15) is 0 Å². The van der Waals surface area contributed by atoms with E-state index >= 15 is 0 Å². The fourth-order valence-corrected chi connectivity index (χ4v) is 3.55. The summed E-state index contributed by atoms with van der Waals surface area (Å²) in [5.74, 6) is 0.562. The summed E-state index contributed by atoms with van der Waals surface area (Å²) < 4.78 is 25.0. The van der Waals surface area contributed by atoms with Gasteiger partial charge >= 0.3 is 5.69 Å². The van der Waals surface area contributed by atoms with Crippen molar-refractivity contribution in [3.63, 3.8) is 0 Å². The number of halogens is 1. The van der Waals surface area contributed by atoms with Crippen LogP contribution in [-0.2, 0) is 16.4 Å². The van der Waals surface area contributed by atoms with Gasteiger partial charge in [0.2, 0.25) is 0 Å². The number of nitro groups is 1. The monoisotopic (exact) mass is 317 g/mol. The molecule has 108 valence electrons. The fraction of sp³-hybridized carbons (Fsp3) is 0.364. The topological polar surface area (TPSA) is 95.1 Å². The summed E-state index contributed by atoms with van der Waals surface area (Å²) in [6, 6.07) is 1.28. The SMILES string of the molecule is CCn1c(C)nc2cc(S(C)(=O)=O)c(Cl)c([N+](=O)[O-])c21. The van der Waals surface area contributed by atoms with Gasteiger partial charge in [-0.1, -0.05) is 11.6 Å². The molecule has 2 rings (SSSR count). The molecule has 0 N–H and O–H groups in total. The second kappa shape index (κ2) is 4.71. The molecule has 1 aromatic heterocycles. The first-order valence-corrected chi connectivity index (χ1v) is 7.99. The molecule has 9 heteroatoms. The summed E-state index contributed by atoms with van der Waals surface area (Å²) in [7, 11) is -3.68. The number of nitro benzene ring substituents is 1. The molecular weight excluding hydrogens is 306 g/mol. The second-order valence-corrected chi connectivity index (χ2v) is 6.70. The van der Waals surface area contributed by atoms with Crippen LogP contribution in [0.1, 0.15) is 12.7 Å². The minimum Gasteiger partial charge on any atom is -0.323 e. The quantitative estimate of drug-likeness (QED) is 0.639. The van der Waals surface area contributed by atoms with E-state index in [0.717, 1.165) is 6.26 Å². The lowest BCUT2D eigenvalue weighted by Gasteiger charge is -2.06. The summed E-state index contributed by atoms with van der Waals surface area (Å²) >= 11 is 5.94. The van der Waals surface area contributed by atoms with E-state index in [0.29, 0.717) is 12.4 Å². The highest BCUT2D eigenvalue weighted by Crippen LogP contribution is 2.38. The highest BCUT2D eigenvalue weighted by atomic mass is 35.5. The normalized spacial score (nSPS) is 12.0. The van der Waals surface area contributed by atoms with E-state index in [1.54, 1.807) is 11.5 Å². The van der Waals surface area contributed by atoms with Gasteiger partial charge in [-0.25, -0.2) is 13.4 Å². The second-order valence-electron chi connectivity index (χ2n) is 4.34. The number of sulfone groups is 1. The van der Waals surface area contributed by atoms with E-state index in [-0.39, 0.29) is 21.0 Å². The number of fused-ring (bicyclic) bond motifs is 1. The maximum absolute atomic E-state index is 11.7. The van der Waals surface area contributed by atoms with Crippen molar-refractivity contribution in [3.05, 3.63) is 27.0 Å². The predicted octanol–water partition coefficient (Wildman–Crippen LogP) is 2.33. The van der Waals surface area contributed by atoms with Crippen LogP contribution in [0, 0.1) is 17.0 Å². The van der Waals surface area contributed by atoms with Crippen molar-refractivity contribution in [2.75, 3.05) is 6.26 Å². The van der Waals surface area contributed by atoms with Crippen LogP contribution in [0.25, 0.3) is 11.0 Å². The molecule has 0 amide bonds. The number of hydrogen-bond donors (Lipinski definition) is 0. The number of nitrogens with zero attached hydrogens (tertiary/aromatic N) is 3. The maximum Gasteiger partial charge on any atom is 0.314 e. The summed E-state index contributed by atoms with van der Waals surface area (Å²) in [5.41, 5.74) is 0.0697. The van der Waals surface area contributed by atoms with E-state index < -0.39 is 20.4 Å². The molecule has 0 aliphatic heterocycles. The van der Waals surface area contributed by atoms with Gasteiger partial charge in [0, 0.05) is 12.8 Å². The molecule has 0 aliphatic rings. The van der Waals surface area contributed by atoms with Gasteiger partial charge in [0.1, 0.15) is 16.4 Å². The van der Waals surface area contributed by atoms with Gasteiger partial charge in [0.15, 0.2) is 9.84 Å². The van der Waals surface area contributed by atoms with Crippen molar-refractivity contribution >= 4 is 38.2 Å². The Bertz CT molecular complexity index is 826. The van der Waals surface area contributed by atoms with Gasteiger partial charge in [0.05, 0.1) is 15.3 Å². The number of rotatable bonds is 3. The zero-order valence-corrected chi connectivity index (χ0v) is 12.6. The molecule has 1 aromatic carbocycles. The van der Waals surface area contributed by atoms with E-state index in [4.69, 9.17) is 11.6 Å². The number of benzene rings is 1. The Morgan fingerprint density at radius 2 is 2.10 bits per heavy atom. The summed E-state index contributed by atoms with van der Waals surface area (Å²) in [6.45, 7) is 3.98. The third kappa shape index (κ3) is 2.14. The minimum absolute atomic E-state index is 0.243. The number of aryl methyl sites for hydroxylation is 2. The molecule has 0 bridgehead atoms. The van der Waals surface area contributed by atoms with E-state index in [9.17, 15) is 18.5 Å². The Kier molecular flexibility index (Phi) is 3.47. The Morgan fingerprint density at radius 1 is 1.50 bits per heavy atom. The average Bonchev–Trinajstić information content (AvgIpc) is 2.61. The van der Waals surface area contributed by atoms with Crippen molar-refractivity contribution in [2.45, 2.75) is 25.3 Å². The van der Waals surface area contributed by atoms with Crippen molar-refractivity contribution in [2.24, 2.45) is 0 Å². The molecule has 0 saturated carbocycles. The molecule has 7 nitrogen and oxygen atoms in total. The Labute approximate surface area is 120 Å². The van der Waals surface area contributed by atoms with E-state index in [1.165, 1.54) is 6.07 Å². The fourth-order valence-electron chi connectivity index (χ4n) is 2.17. The molecule has 0 unspecified atom stereocenters. The molecule has 0 saturated heterocycles. The Morgan fingerprint density at radius 3 is 2.55 bits per heavy atom. The average molecular weight is 318 g/mol. The molecule has 20 heavy (non-hydrogen) atoms. The van der Waals surface area contributed by atoms with Gasteiger partial charge in [-0.3, -0.25) is 10.1 Å². The highest BCUT2D eigenvalue weighted by molar-refractivity contribution is 7.90. The molecular formula is C11H12ClN3O4S. The third-order valence-corrected chi connectivity index (χ3v) is 4.62. The van der Waals surface area contributed by atoms with Crippen LogP contribution in [0.2, 0.25) is 5.02 Å². The van der Waals surface area contributed by atoms with Crippen LogP contribution in [0.5, 0.6) is 0 Å². The number of imidazole rings is 1. The molecule has 0 spiro atoms. The van der Waals surface area contributed by atoms with Crippen molar-refractivity contribution < 1.29 is 13.3 Å². The summed E-state index contributed by atoms with van der Waals surface area (Å²) in [4.78, 5) is 14.5. The number of aromatic nitrogens is 2. The Balaban J connectivity index is 3.07. The maximum atomic E-state index is 11.7. The van der Waals surface area contributed by atoms with E-state index in [1.807, 2.05) is 6.92 Å². The zero-order chi connectivity index (χ0) is 15.2. The van der Waals surface area contributed by atoms with Gasteiger partial charge in [-0.15, -0.1) is 0 Å². The van der Waals surface area contributed by atoms with Crippen LogP contribution >= 0.6 is 11.6 Å². The zero-order valence-electron chi connectivity index (χ0n) is 11.0. The third-order valence-electron chi connectivity index (χ3n) is 3.00. The van der Waals surface area contributed by atoms with Gasteiger partial charge in [-0.05, 0) is 19.9 Å². The van der Waals surface area contributed by atoms with Crippen molar-refractivity contribution in [3.8, 4) is 0 Å². The van der Waals surface area contributed by atoms with Crippen LogP contribution in [0.15, 0.2) is 11.0 Å². The first-order valence-electron chi connectivity index (χ1n) is 5.72. The predicted molar refractivity (Wildman–Crippen MR) is 74.9 cm³/mol. The lowest BCUT2D eigenvalue weighted by molar-refractivity contribution is -0.383. The molecule has 0 atom stereocenters. The molecule has 0 aliphatic carbocycles. The molecule has 0 fully saturated rings. The first-order chi connectivity index (χ1) is 9.18. The molecule has 0 radical (unpaired) electrons. The number of hydrogen-bond acceptors (Lipinski definition) is 5. The van der Waals surface area contributed by atoms with Crippen molar-refractivity contribution in [1.29, 1.82) is 0 Å². The largest absolute Gasteiger partial charge is 0.323 e. The smallest absolute Gasteiger partial charge is 0.314 e. The Hall–Kier alpha value is -1.67. The molecule has 1 heterocycles.